The van der Waals surface area contributed by atoms with Gasteiger partial charge in [-0.3, -0.25) is 4.79 Å². The molecule has 2 fully saturated rings. The number of rotatable bonds is 3. The van der Waals surface area contributed by atoms with Gasteiger partial charge in [0.1, 0.15) is 0 Å². The van der Waals surface area contributed by atoms with Crippen molar-refractivity contribution in [2.75, 3.05) is 19.7 Å². The number of hydrogen-bond acceptors (Lipinski definition) is 4. The molecule has 3 N–H and O–H groups in total. The molecule has 1 aromatic heterocycles. The van der Waals surface area contributed by atoms with E-state index in [1.54, 1.807) is 23.4 Å². The van der Waals surface area contributed by atoms with E-state index in [2.05, 4.69) is 9.97 Å². The van der Waals surface area contributed by atoms with Gasteiger partial charge >= 0.3 is 0 Å². The van der Waals surface area contributed by atoms with Crippen molar-refractivity contribution in [1.82, 2.24) is 14.9 Å². The molecule has 1 aliphatic heterocycles. The number of amides is 1. The highest BCUT2D eigenvalue weighted by Crippen LogP contribution is 2.68. The standard InChI is InChI=1S/C21H21N3O3/c25-10-15-19(13-4-2-1-3-5-13)21(15)11-24(9-18(21)26)20(27)14-6-7-16-17(8-14)23-12-22-16/h1-8,12,15,18-19,25-26H,9-11H2,(H,22,23)/t15-,18-,19-,21-/m1/s1. The lowest BCUT2D eigenvalue weighted by Gasteiger charge is -2.17. The number of aliphatic hydroxyl groups is 2. The maximum absolute atomic E-state index is 13.0. The number of imidazole rings is 1. The fraction of sp³-hybridized carbons (Fsp3) is 0.333. The number of fused-ring (bicyclic) bond motifs is 1. The average Bonchev–Trinajstić information content (AvgIpc) is 2.96. The van der Waals surface area contributed by atoms with Crippen LogP contribution in [0, 0.1) is 11.3 Å². The Morgan fingerprint density at radius 3 is 2.85 bits per heavy atom. The van der Waals surface area contributed by atoms with Crippen LogP contribution in [0.3, 0.4) is 0 Å². The number of benzene rings is 2. The lowest BCUT2D eigenvalue weighted by Crippen LogP contribution is -2.29. The van der Waals surface area contributed by atoms with Crippen molar-refractivity contribution in [3.05, 3.63) is 66.0 Å². The number of aromatic nitrogens is 2. The molecule has 1 spiro atoms. The summed E-state index contributed by atoms with van der Waals surface area (Å²) in [6.45, 7) is 0.761. The SMILES string of the molecule is O=C(c1ccc2nc[nH]c2c1)N1C[C@@H](O)[C@@]2(C1)[C@H](CO)[C@H]2c1ccccc1. The summed E-state index contributed by atoms with van der Waals surface area (Å²) in [5, 5.41) is 20.7. The third-order valence-corrected chi connectivity index (χ3v) is 6.35. The third kappa shape index (κ3) is 2.33. The van der Waals surface area contributed by atoms with Crippen LogP contribution in [-0.4, -0.2) is 56.8 Å². The Morgan fingerprint density at radius 2 is 2.07 bits per heavy atom. The Morgan fingerprint density at radius 1 is 1.26 bits per heavy atom. The molecule has 27 heavy (non-hydrogen) atoms. The van der Waals surface area contributed by atoms with Crippen LogP contribution in [0.25, 0.3) is 11.0 Å². The van der Waals surface area contributed by atoms with E-state index in [0.29, 0.717) is 18.7 Å². The smallest absolute Gasteiger partial charge is 0.254 e. The van der Waals surface area contributed by atoms with Gasteiger partial charge in [0, 0.05) is 30.7 Å². The first-order valence-corrected chi connectivity index (χ1v) is 9.21. The van der Waals surface area contributed by atoms with E-state index >= 15 is 0 Å². The molecule has 2 aromatic carbocycles. The summed E-state index contributed by atoms with van der Waals surface area (Å²) in [4.78, 5) is 21.9. The molecule has 2 heterocycles. The van der Waals surface area contributed by atoms with Crippen molar-refractivity contribution in [3.63, 3.8) is 0 Å². The summed E-state index contributed by atoms with van der Waals surface area (Å²) < 4.78 is 0. The van der Waals surface area contributed by atoms with Gasteiger partial charge in [-0.1, -0.05) is 30.3 Å². The van der Waals surface area contributed by atoms with E-state index in [9.17, 15) is 15.0 Å². The van der Waals surface area contributed by atoms with Crippen LogP contribution < -0.4 is 0 Å². The summed E-state index contributed by atoms with van der Waals surface area (Å²) >= 11 is 0. The molecule has 1 aliphatic carbocycles. The Labute approximate surface area is 156 Å². The molecule has 2 aliphatic rings. The highest BCUT2D eigenvalue weighted by Gasteiger charge is 2.71. The second kappa shape index (κ2) is 5.90. The minimum absolute atomic E-state index is 0.0127. The van der Waals surface area contributed by atoms with Crippen molar-refractivity contribution in [3.8, 4) is 0 Å². The zero-order valence-electron chi connectivity index (χ0n) is 14.7. The maximum atomic E-state index is 13.0. The quantitative estimate of drug-likeness (QED) is 0.662. The van der Waals surface area contributed by atoms with Crippen LogP contribution in [0.4, 0.5) is 0 Å². The highest BCUT2D eigenvalue weighted by atomic mass is 16.3. The predicted octanol–water partition coefficient (Wildman–Crippen LogP) is 1.77. The number of aromatic amines is 1. The van der Waals surface area contributed by atoms with Gasteiger partial charge in [-0.05, 0) is 35.6 Å². The Bertz CT molecular complexity index is 1000. The molecule has 0 radical (unpaired) electrons. The van der Waals surface area contributed by atoms with Crippen molar-refractivity contribution in [2.45, 2.75) is 12.0 Å². The molecular formula is C21H21N3O3. The number of carbonyl (C=O) groups excluding carboxylic acids is 1. The molecule has 0 bridgehead atoms. The first-order valence-electron chi connectivity index (χ1n) is 9.21. The molecule has 138 valence electrons. The van der Waals surface area contributed by atoms with Crippen molar-refractivity contribution in [2.24, 2.45) is 11.3 Å². The van der Waals surface area contributed by atoms with Gasteiger partial charge in [0.05, 0.1) is 23.5 Å². The first kappa shape index (κ1) is 16.5. The summed E-state index contributed by atoms with van der Waals surface area (Å²) in [7, 11) is 0. The van der Waals surface area contributed by atoms with E-state index in [1.165, 1.54) is 0 Å². The lowest BCUT2D eigenvalue weighted by molar-refractivity contribution is 0.0764. The fourth-order valence-corrected chi connectivity index (χ4v) is 4.97. The molecule has 4 atom stereocenters. The number of nitrogens with one attached hydrogen (secondary N) is 1. The number of H-pyrrole nitrogens is 1. The minimum Gasteiger partial charge on any atom is -0.396 e. The Balaban J connectivity index is 1.43. The zero-order valence-corrected chi connectivity index (χ0v) is 14.7. The number of likely N-dealkylation sites (tertiary alicyclic amines) is 1. The number of hydrogen-bond donors (Lipinski definition) is 3. The number of nitrogens with zero attached hydrogens (tertiary/aromatic N) is 2. The molecule has 1 amide bonds. The third-order valence-electron chi connectivity index (χ3n) is 6.35. The van der Waals surface area contributed by atoms with Crippen LogP contribution in [0.1, 0.15) is 21.8 Å². The van der Waals surface area contributed by atoms with Gasteiger partial charge in [-0.25, -0.2) is 4.98 Å². The highest BCUT2D eigenvalue weighted by molar-refractivity contribution is 5.97. The number of carbonyl (C=O) groups is 1. The van der Waals surface area contributed by atoms with E-state index in [1.807, 2.05) is 36.4 Å². The molecule has 1 saturated heterocycles. The Hall–Kier alpha value is -2.70. The van der Waals surface area contributed by atoms with E-state index < -0.39 is 11.5 Å². The molecule has 0 unspecified atom stereocenters. The van der Waals surface area contributed by atoms with E-state index in [4.69, 9.17) is 0 Å². The summed E-state index contributed by atoms with van der Waals surface area (Å²) in [6, 6.07) is 15.4. The zero-order chi connectivity index (χ0) is 18.6. The maximum Gasteiger partial charge on any atom is 0.254 e. The van der Waals surface area contributed by atoms with Crippen molar-refractivity contribution in [1.29, 1.82) is 0 Å². The normalized spacial score (nSPS) is 29.6. The summed E-state index contributed by atoms with van der Waals surface area (Å²) in [5.41, 5.74) is 2.87. The van der Waals surface area contributed by atoms with E-state index in [-0.39, 0.29) is 24.3 Å². The molecule has 6 nitrogen and oxygen atoms in total. The van der Waals surface area contributed by atoms with Crippen LogP contribution in [0.15, 0.2) is 54.9 Å². The number of aliphatic hydroxyl groups excluding tert-OH is 2. The second-order valence-electron chi connectivity index (χ2n) is 7.63. The number of β-amino-alcohol motifs (C(OH)–C–C–N with tert-alkyl or cyclic N) is 1. The molecular weight excluding hydrogens is 342 g/mol. The van der Waals surface area contributed by atoms with E-state index in [0.717, 1.165) is 16.6 Å². The van der Waals surface area contributed by atoms with Crippen molar-refractivity contribution < 1.29 is 15.0 Å². The fourth-order valence-electron chi connectivity index (χ4n) is 4.97. The monoisotopic (exact) mass is 363 g/mol. The van der Waals surface area contributed by atoms with Gasteiger partial charge in [0.2, 0.25) is 0 Å². The summed E-state index contributed by atoms with van der Waals surface area (Å²) in [5.74, 6) is -0.0489. The largest absolute Gasteiger partial charge is 0.396 e. The molecule has 3 aromatic rings. The van der Waals surface area contributed by atoms with Crippen LogP contribution in [0.5, 0.6) is 0 Å². The Kier molecular flexibility index (Phi) is 3.60. The second-order valence-corrected chi connectivity index (χ2v) is 7.63. The van der Waals surface area contributed by atoms with Gasteiger partial charge in [-0.15, -0.1) is 0 Å². The molecule has 5 rings (SSSR count). The first-order chi connectivity index (χ1) is 13.1. The molecule has 1 saturated carbocycles. The van der Waals surface area contributed by atoms with Crippen molar-refractivity contribution >= 4 is 16.9 Å². The lowest BCUT2D eigenvalue weighted by atomic mass is 9.95. The van der Waals surface area contributed by atoms with Crippen LogP contribution in [0.2, 0.25) is 0 Å². The topological polar surface area (TPSA) is 89.5 Å². The predicted molar refractivity (Wildman–Crippen MR) is 100 cm³/mol. The average molecular weight is 363 g/mol. The van der Waals surface area contributed by atoms with Gasteiger partial charge in [0.25, 0.3) is 5.91 Å². The van der Waals surface area contributed by atoms with Gasteiger partial charge < -0.3 is 20.1 Å². The van der Waals surface area contributed by atoms with Crippen LogP contribution in [-0.2, 0) is 0 Å². The minimum atomic E-state index is -0.639. The molecule has 6 heteroatoms. The van der Waals surface area contributed by atoms with Crippen LogP contribution >= 0.6 is 0 Å². The summed E-state index contributed by atoms with van der Waals surface area (Å²) in [6.07, 6.45) is 0.966. The van der Waals surface area contributed by atoms with Gasteiger partial charge in [-0.2, -0.15) is 0 Å². The van der Waals surface area contributed by atoms with Gasteiger partial charge in [0.15, 0.2) is 0 Å².